The van der Waals surface area contributed by atoms with Crippen LogP contribution in [0.25, 0.3) is 0 Å². The van der Waals surface area contributed by atoms with Crippen LogP contribution in [0.5, 0.6) is 0 Å². The van der Waals surface area contributed by atoms with Gasteiger partial charge >= 0.3 is 0 Å². The predicted octanol–water partition coefficient (Wildman–Crippen LogP) is 0.537. The number of Topliss-reactive ketones (excluding diaryl/α,β-unsaturated/α-hetero) is 2. The third-order valence-corrected chi connectivity index (χ3v) is 3.04. The minimum Gasteiger partial charge on any atom is -0.394 e. The Bertz CT molecular complexity index is 461. The van der Waals surface area contributed by atoms with Crippen molar-refractivity contribution in [2.45, 2.75) is 27.7 Å². The van der Waals surface area contributed by atoms with Crippen molar-refractivity contribution in [3.05, 3.63) is 34.9 Å². The van der Waals surface area contributed by atoms with E-state index in [1.165, 1.54) is 0 Å². The van der Waals surface area contributed by atoms with E-state index in [1.807, 2.05) is 31.9 Å². The van der Waals surface area contributed by atoms with E-state index < -0.39 is 11.6 Å². The van der Waals surface area contributed by atoms with Gasteiger partial charge in [-0.25, -0.2) is 0 Å². The Morgan fingerprint density at radius 3 is 2.11 bits per heavy atom. The fourth-order valence-corrected chi connectivity index (χ4v) is 1.33. The van der Waals surface area contributed by atoms with Crippen LogP contribution < -0.4 is 17.0 Å². The van der Waals surface area contributed by atoms with Crippen LogP contribution in [0.4, 0.5) is 0 Å². The molecule has 0 amide bonds. The van der Waals surface area contributed by atoms with Crippen molar-refractivity contribution in [3.63, 3.8) is 0 Å². The zero-order valence-electron chi connectivity index (χ0n) is 12.1. The van der Waals surface area contributed by atoms with Gasteiger partial charge in [-0.3, -0.25) is 15.4 Å². The van der Waals surface area contributed by atoms with Crippen LogP contribution in [0.3, 0.4) is 0 Å². The summed E-state index contributed by atoms with van der Waals surface area (Å²) >= 11 is 0. The molecule has 0 radical (unpaired) electrons. The fourth-order valence-electron chi connectivity index (χ4n) is 1.33. The molecule has 5 N–H and O–H groups in total. The van der Waals surface area contributed by atoms with Crippen molar-refractivity contribution in [2.24, 2.45) is 11.6 Å². The highest BCUT2D eigenvalue weighted by Crippen LogP contribution is 2.15. The summed E-state index contributed by atoms with van der Waals surface area (Å²) in [6, 6.07) is 0. The number of nitrogens with zero attached hydrogens (tertiary/aromatic N) is 1. The number of nitrogens with one attached hydrogen (secondary N) is 1. The molecule has 0 heterocycles. The molecule has 0 fully saturated rings. The van der Waals surface area contributed by atoms with Gasteiger partial charge in [-0.05, 0) is 27.7 Å². The molecule has 0 saturated carbocycles. The maximum atomic E-state index is 12.0. The highest BCUT2D eigenvalue weighted by Gasteiger charge is 2.21. The summed E-state index contributed by atoms with van der Waals surface area (Å²) in [4.78, 5) is 25.5. The number of allylic oxidation sites excluding steroid dienone is 5. The van der Waals surface area contributed by atoms with Gasteiger partial charge in [0.25, 0.3) is 0 Å². The topological polar surface area (TPSA) is 101 Å². The number of carbonyl (C=O) groups is 2. The van der Waals surface area contributed by atoms with Crippen LogP contribution in [0, 0.1) is 0 Å². The Morgan fingerprint density at radius 2 is 1.68 bits per heavy atom. The second-order valence-electron chi connectivity index (χ2n) is 4.12. The maximum absolute atomic E-state index is 12.0. The first-order valence-electron chi connectivity index (χ1n) is 5.82. The Hall–Kier alpha value is -2.08. The van der Waals surface area contributed by atoms with Crippen LogP contribution in [0.1, 0.15) is 27.7 Å². The van der Waals surface area contributed by atoms with E-state index in [2.05, 4.69) is 5.43 Å². The minimum absolute atomic E-state index is 0.218. The highest BCUT2D eigenvalue weighted by atomic mass is 16.2. The normalized spacial score (nSPS) is 13.8. The molecular weight excluding hydrogens is 244 g/mol. The van der Waals surface area contributed by atoms with Gasteiger partial charge in [0.2, 0.25) is 11.6 Å². The van der Waals surface area contributed by atoms with Crippen LogP contribution >= 0.6 is 0 Å². The molecule has 0 rings (SSSR count). The molecule has 6 nitrogen and oxygen atoms in total. The summed E-state index contributed by atoms with van der Waals surface area (Å²) in [5, 5.41) is 0. The summed E-state index contributed by atoms with van der Waals surface area (Å²) in [7, 11) is 1.83. The van der Waals surface area contributed by atoms with Gasteiger partial charge in [0.1, 0.15) is 5.70 Å². The lowest BCUT2D eigenvalue weighted by atomic mass is 10.1. The number of nitrogens with two attached hydrogens (primary N) is 2. The molecule has 0 spiro atoms. The second kappa shape index (κ2) is 7.38. The lowest BCUT2D eigenvalue weighted by Crippen LogP contribution is -2.27. The molecule has 0 aromatic heterocycles. The predicted molar refractivity (Wildman–Crippen MR) is 75.2 cm³/mol. The van der Waals surface area contributed by atoms with Crippen LogP contribution in [-0.4, -0.2) is 23.5 Å². The van der Waals surface area contributed by atoms with Gasteiger partial charge in [-0.1, -0.05) is 6.08 Å². The minimum atomic E-state index is -0.777. The molecule has 0 saturated heterocycles. The summed E-state index contributed by atoms with van der Waals surface area (Å²) in [6.45, 7) is 7.18. The number of hydrazine groups is 1. The van der Waals surface area contributed by atoms with E-state index in [-0.39, 0.29) is 5.70 Å². The van der Waals surface area contributed by atoms with Gasteiger partial charge in [-0.15, -0.1) is 0 Å². The number of carbonyl (C=O) groups excluding carboxylic acids is 2. The monoisotopic (exact) mass is 266 g/mol. The Kier molecular flexibility index (Phi) is 6.57. The molecule has 0 atom stereocenters. The number of ketones is 2. The van der Waals surface area contributed by atoms with Crippen LogP contribution in [-0.2, 0) is 9.59 Å². The van der Waals surface area contributed by atoms with E-state index in [9.17, 15) is 9.59 Å². The molecule has 0 aromatic carbocycles. The largest absolute Gasteiger partial charge is 0.394 e. The average molecular weight is 266 g/mol. The maximum Gasteiger partial charge on any atom is 0.250 e. The number of hydrogen-bond donors (Lipinski definition) is 3. The van der Waals surface area contributed by atoms with Gasteiger partial charge in [0.15, 0.2) is 0 Å². The Morgan fingerprint density at radius 1 is 1.16 bits per heavy atom. The van der Waals surface area contributed by atoms with Crippen molar-refractivity contribution in [1.82, 2.24) is 10.3 Å². The van der Waals surface area contributed by atoms with Gasteiger partial charge < -0.3 is 16.1 Å². The van der Waals surface area contributed by atoms with E-state index in [1.54, 1.807) is 13.8 Å². The number of hydrogen-bond acceptors (Lipinski definition) is 6. The van der Waals surface area contributed by atoms with Crippen molar-refractivity contribution >= 4 is 11.6 Å². The van der Waals surface area contributed by atoms with E-state index in [0.717, 1.165) is 11.9 Å². The Labute approximate surface area is 113 Å². The first-order chi connectivity index (χ1) is 8.77. The van der Waals surface area contributed by atoms with E-state index in [0.29, 0.717) is 11.3 Å². The lowest BCUT2D eigenvalue weighted by Gasteiger charge is -2.22. The molecule has 0 aromatic rings. The third-order valence-electron chi connectivity index (χ3n) is 3.04. The van der Waals surface area contributed by atoms with Gasteiger partial charge in [0, 0.05) is 30.2 Å². The highest BCUT2D eigenvalue weighted by molar-refractivity contribution is 6.48. The summed E-state index contributed by atoms with van der Waals surface area (Å²) < 4.78 is 0. The van der Waals surface area contributed by atoms with Gasteiger partial charge in [-0.2, -0.15) is 0 Å². The van der Waals surface area contributed by atoms with Crippen molar-refractivity contribution in [2.75, 3.05) is 7.05 Å². The standard InChI is InChI=1S/C13H22N4O2/c1-6-8(2)17(5)10(4)9(3)12(18)13(19)11(14)7-16-15/h6-7,16H,14-15H2,1-5H3/b8-6+,10-9+,11-7-. The van der Waals surface area contributed by atoms with Crippen LogP contribution in [0.2, 0.25) is 0 Å². The van der Waals surface area contributed by atoms with Crippen molar-refractivity contribution in [1.29, 1.82) is 0 Å². The zero-order valence-corrected chi connectivity index (χ0v) is 12.1. The Balaban J connectivity index is 5.30. The molecule has 0 aliphatic heterocycles. The number of rotatable bonds is 6. The third kappa shape index (κ3) is 4.26. The second-order valence-corrected chi connectivity index (χ2v) is 4.12. The fraction of sp³-hybridized carbons (Fsp3) is 0.385. The first-order valence-corrected chi connectivity index (χ1v) is 5.82. The molecule has 19 heavy (non-hydrogen) atoms. The van der Waals surface area contributed by atoms with Crippen molar-refractivity contribution in [3.8, 4) is 0 Å². The smallest absolute Gasteiger partial charge is 0.250 e. The molecular formula is C13H22N4O2. The van der Waals surface area contributed by atoms with E-state index >= 15 is 0 Å². The van der Waals surface area contributed by atoms with Gasteiger partial charge in [0.05, 0.1) is 0 Å². The SMILES string of the molecule is C/C=C(\C)N(C)/C(C)=C(\C)C(=O)C(=O)/C(N)=C/NN. The summed E-state index contributed by atoms with van der Waals surface area (Å²) in [6.07, 6.45) is 3.00. The average Bonchev–Trinajstić information content (AvgIpc) is 2.42. The van der Waals surface area contributed by atoms with Crippen LogP contribution in [0.15, 0.2) is 34.9 Å². The first kappa shape index (κ1) is 16.9. The molecule has 0 aliphatic rings. The lowest BCUT2D eigenvalue weighted by molar-refractivity contribution is -0.132. The summed E-state index contributed by atoms with van der Waals surface area (Å²) in [5.41, 5.74) is 9.36. The van der Waals surface area contributed by atoms with Crippen molar-refractivity contribution < 1.29 is 9.59 Å². The molecule has 106 valence electrons. The zero-order chi connectivity index (χ0) is 15.2. The molecule has 6 heteroatoms. The quantitative estimate of drug-likeness (QED) is 0.281. The summed E-state index contributed by atoms with van der Waals surface area (Å²) in [5.74, 6) is 3.59. The molecule has 0 aliphatic carbocycles. The van der Waals surface area contributed by atoms with E-state index in [4.69, 9.17) is 11.6 Å². The molecule has 0 unspecified atom stereocenters. The molecule has 0 bridgehead atoms.